The van der Waals surface area contributed by atoms with Crippen LogP contribution in [0.3, 0.4) is 0 Å². The first kappa shape index (κ1) is 38.0. The van der Waals surface area contributed by atoms with Crippen molar-refractivity contribution in [3.8, 4) is 0 Å². The fraction of sp³-hybridized carbons (Fsp3) is 0.886. The third-order valence-electron chi connectivity index (χ3n) is 10.7. The number of nitrogens with zero attached hydrogens (tertiary/aromatic N) is 1. The highest BCUT2D eigenvalue weighted by molar-refractivity contribution is 5.82. The molecule has 9 heteroatoms. The first-order valence-electron chi connectivity index (χ1n) is 17.1. The lowest BCUT2D eigenvalue weighted by Crippen LogP contribution is -2.48. The van der Waals surface area contributed by atoms with E-state index in [9.17, 15) is 24.3 Å². The molecule has 8 atom stereocenters. The molecular formula is C35H63N3O6. The highest BCUT2D eigenvalue weighted by atomic mass is 16.5. The Hall–Kier alpha value is -2.16. The number of carbonyl (C=O) groups is 4. The number of nitrogens with two attached hydrogens (primary N) is 1. The number of rotatable bonds is 20. The minimum atomic E-state index is -0.660. The van der Waals surface area contributed by atoms with Crippen LogP contribution in [0.15, 0.2) is 0 Å². The zero-order chi connectivity index (χ0) is 33.2. The van der Waals surface area contributed by atoms with Gasteiger partial charge in [-0.3, -0.25) is 19.2 Å². The number of carboxylic acid groups (broad SMARTS) is 1. The zero-order valence-corrected chi connectivity index (χ0v) is 29.0. The number of carbonyl (C=O) groups excluding carboxylic acids is 3. The van der Waals surface area contributed by atoms with Gasteiger partial charge in [-0.2, -0.15) is 0 Å². The molecule has 2 aliphatic carbocycles. The van der Waals surface area contributed by atoms with E-state index >= 15 is 0 Å². The summed E-state index contributed by atoms with van der Waals surface area (Å²) in [6.07, 6.45) is 9.02. The summed E-state index contributed by atoms with van der Waals surface area (Å²) in [6, 6.07) is 0. The number of carboxylic acids is 1. The van der Waals surface area contributed by atoms with Crippen molar-refractivity contribution >= 4 is 23.8 Å². The number of aliphatic carboxylic acids is 1. The van der Waals surface area contributed by atoms with Crippen LogP contribution in [0.25, 0.3) is 0 Å². The number of hydrogen-bond acceptors (Lipinski definition) is 6. The molecule has 9 nitrogen and oxygen atoms in total. The lowest BCUT2D eigenvalue weighted by Gasteiger charge is -2.32. The third kappa shape index (κ3) is 11.3. The molecule has 2 saturated carbocycles. The number of esters is 1. The van der Waals surface area contributed by atoms with Crippen LogP contribution < -0.4 is 11.1 Å². The summed E-state index contributed by atoms with van der Waals surface area (Å²) in [5.74, 6) is -0.184. The Kier molecular flexibility index (Phi) is 14.6. The summed E-state index contributed by atoms with van der Waals surface area (Å²) in [5, 5.41) is 12.7. The third-order valence-corrected chi connectivity index (χ3v) is 10.7. The van der Waals surface area contributed by atoms with E-state index in [0.717, 1.165) is 32.1 Å². The van der Waals surface area contributed by atoms with Crippen molar-refractivity contribution in [2.45, 2.75) is 124 Å². The molecule has 44 heavy (non-hydrogen) atoms. The highest BCUT2D eigenvalue weighted by Crippen LogP contribution is 2.56. The van der Waals surface area contributed by atoms with E-state index in [-0.39, 0.29) is 47.0 Å². The van der Waals surface area contributed by atoms with Gasteiger partial charge in [0.25, 0.3) is 0 Å². The average molecular weight is 622 g/mol. The number of likely N-dealkylation sites (N-methyl/N-ethyl adjacent to an activating group) is 1. The number of hydrogen-bond donors (Lipinski definition) is 3. The van der Waals surface area contributed by atoms with E-state index in [1.807, 2.05) is 53.6 Å². The molecule has 0 heterocycles. The molecule has 0 aromatic heterocycles. The van der Waals surface area contributed by atoms with Crippen LogP contribution in [0, 0.1) is 46.8 Å². The molecule has 0 aromatic rings. The second-order valence-electron chi connectivity index (χ2n) is 15.5. The maximum absolute atomic E-state index is 13.1. The van der Waals surface area contributed by atoms with Crippen LogP contribution in [-0.4, -0.2) is 66.5 Å². The van der Waals surface area contributed by atoms with Crippen molar-refractivity contribution in [3.05, 3.63) is 0 Å². The number of primary amides is 1. The zero-order valence-electron chi connectivity index (χ0n) is 29.0. The predicted molar refractivity (Wildman–Crippen MR) is 174 cm³/mol. The normalized spacial score (nSPS) is 25.8. The van der Waals surface area contributed by atoms with Crippen LogP contribution in [-0.2, 0) is 23.9 Å². The minimum Gasteiger partial charge on any atom is -0.481 e. The molecule has 0 saturated heterocycles. The molecule has 254 valence electrons. The molecule has 4 N–H and O–H groups in total. The smallest absolute Gasteiger partial charge is 0.308 e. The fourth-order valence-corrected chi connectivity index (χ4v) is 7.66. The number of nitrogens with one attached hydrogen (secondary N) is 1. The Morgan fingerprint density at radius 3 is 2.14 bits per heavy atom. The van der Waals surface area contributed by atoms with Crippen LogP contribution in [0.2, 0.25) is 0 Å². The van der Waals surface area contributed by atoms with Gasteiger partial charge in [-0.05, 0) is 116 Å². The maximum Gasteiger partial charge on any atom is 0.308 e. The molecule has 0 radical (unpaired) electrons. The molecule has 2 bridgehead atoms. The Morgan fingerprint density at radius 1 is 0.977 bits per heavy atom. The number of fused-ring (bicyclic) bond motifs is 2. The molecule has 2 rings (SSSR count). The molecule has 0 aliphatic heterocycles. The van der Waals surface area contributed by atoms with Crippen molar-refractivity contribution < 1.29 is 29.0 Å². The van der Waals surface area contributed by atoms with E-state index < -0.39 is 11.4 Å². The van der Waals surface area contributed by atoms with Gasteiger partial charge in [0.05, 0.1) is 11.8 Å². The van der Waals surface area contributed by atoms with Crippen LogP contribution in [0.1, 0.15) is 119 Å². The second-order valence-corrected chi connectivity index (χ2v) is 15.5. The van der Waals surface area contributed by atoms with Gasteiger partial charge < -0.3 is 25.8 Å². The predicted octanol–water partition coefficient (Wildman–Crippen LogP) is 5.64. The Labute approximate surface area is 266 Å². The van der Waals surface area contributed by atoms with E-state index in [2.05, 4.69) is 12.2 Å². The Bertz CT molecular complexity index is 963. The first-order chi connectivity index (χ1) is 20.5. The van der Waals surface area contributed by atoms with Gasteiger partial charge in [0.2, 0.25) is 11.8 Å². The van der Waals surface area contributed by atoms with E-state index in [0.29, 0.717) is 75.9 Å². The molecule has 0 spiro atoms. The molecule has 2 amide bonds. The van der Waals surface area contributed by atoms with Crippen LogP contribution >= 0.6 is 0 Å². The first-order valence-corrected chi connectivity index (χ1v) is 17.1. The van der Waals surface area contributed by atoms with Crippen molar-refractivity contribution in [2.75, 3.05) is 27.2 Å². The van der Waals surface area contributed by atoms with Gasteiger partial charge in [-0.25, -0.2) is 0 Å². The fourth-order valence-electron chi connectivity index (χ4n) is 7.66. The summed E-state index contributed by atoms with van der Waals surface area (Å²) >= 11 is 0. The summed E-state index contributed by atoms with van der Waals surface area (Å²) in [4.78, 5) is 52.2. The molecular weight excluding hydrogens is 558 g/mol. The van der Waals surface area contributed by atoms with Crippen molar-refractivity contribution in [1.29, 1.82) is 0 Å². The Morgan fingerprint density at radius 2 is 1.59 bits per heavy atom. The highest BCUT2D eigenvalue weighted by Gasteiger charge is 2.52. The van der Waals surface area contributed by atoms with E-state index in [4.69, 9.17) is 10.5 Å². The van der Waals surface area contributed by atoms with E-state index in [1.165, 1.54) is 0 Å². The number of ether oxygens (including phenoxy) is 1. The molecule has 2 fully saturated rings. The average Bonchev–Trinajstić information content (AvgIpc) is 3.48. The largest absolute Gasteiger partial charge is 0.481 e. The number of amides is 2. The van der Waals surface area contributed by atoms with Crippen LogP contribution in [0.4, 0.5) is 0 Å². The van der Waals surface area contributed by atoms with Gasteiger partial charge in [-0.15, -0.1) is 0 Å². The topological polar surface area (TPSA) is 139 Å². The van der Waals surface area contributed by atoms with Gasteiger partial charge in [0.15, 0.2) is 0 Å². The summed E-state index contributed by atoms with van der Waals surface area (Å²) in [7, 11) is 3.87. The van der Waals surface area contributed by atoms with Crippen molar-refractivity contribution in [1.82, 2.24) is 10.2 Å². The summed E-state index contributed by atoms with van der Waals surface area (Å²) in [5.41, 5.74) is 5.00. The summed E-state index contributed by atoms with van der Waals surface area (Å²) in [6.45, 7) is 13.2. The Balaban J connectivity index is 1.92. The van der Waals surface area contributed by atoms with Gasteiger partial charge in [0.1, 0.15) is 6.61 Å². The van der Waals surface area contributed by atoms with E-state index in [1.54, 1.807) is 0 Å². The summed E-state index contributed by atoms with van der Waals surface area (Å²) < 4.78 is 5.63. The quantitative estimate of drug-likeness (QED) is 0.149. The monoisotopic (exact) mass is 621 g/mol. The maximum atomic E-state index is 13.1. The van der Waals surface area contributed by atoms with Gasteiger partial charge in [-0.1, -0.05) is 40.0 Å². The van der Waals surface area contributed by atoms with Crippen molar-refractivity contribution in [3.63, 3.8) is 0 Å². The second kappa shape index (κ2) is 17.0. The van der Waals surface area contributed by atoms with Crippen molar-refractivity contribution in [2.24, 2.45) is 52.6 Å². The van der Waals surface area contributed by atoms with Gasteiger partial charge >= 0.3 is 11.9 Å². The molecule has 2 aliphatic rings. The lowest BCUT2D eigenvalue weighted by atomic mass is 9.72. The standard InChI is InChI=1S/C35H63N3O6/c1-9-35(6,33(43)37-34(3,4)5)18-12-16-25(32(42)44-20-19-38(7)8)15-10-13-24(30(36)39)14-11-17-27-23(2)26-21-28(27)29(22-26)31(40)41/h23-29H,9-22H2,1-8H3,(H2,36,39)(H,37,43)(H,40,41). The van der Waals surface area contributed by atoms with Gasteiger partial charge in [0, 0.05) is 23.4 Å². The lowest BCUT2D eigenvalue weighted by molar-refractivity contribution is -0.149. The van der Waals surface area contributed by atoms with Crippen LogP contribution in [0.5, 0.6) is 0 Å². The molecule has 8 unspecified atom stereocenters. The minimum absolute atomic E-state index is 0.0419. The SMILES string of the molecule is CCC(C)(CCCC(CCCC(CCCC1C(C)C2CC(C(=O)O)C1C2)C(N)=O)C(=O)OCCN(C)C)C(=O)NC(C)(C)C. The molecule has 0 aromatic carbocycles.